The molecule has 0 aliphatic rings. The molecule has 0 aliphatic carbocycles. The minimum atomic E-state index is -4.35. The van der Waals surface area contributed by atoms with E-state index in [9.17, 15) is 18.3 Å². The minimum absolute atomic E-state index is 0.251. The number of rotatable bonds is 6. The van der Waals surface area contributed by atoms with Crippen LogP contribution in [0.15, 0.2) is 54.6 Å². The van der Waals surface area contributed by atoms with Gasteiger partial charge in [0.05, 0.1) is 17.7 Å². The first kappa shape index (κ1) is 17.5. The summed E-state index contributed by atoms with van der Waals surface area (Å²) < 4.78 is 38.3. The molecule has 2 N–H and O–H groups in total. The van der Waals surface area contributed by atoms with Crippen molar-refractivity contribution in [3.63, 3.8) is 0 Å². The standard InChI is InChI=1S/C18H20F3NO/c1-2-16(23)17(14-8-4-3-5-9-14)22-12-13-7-6-10-15(11-13)18(19,20)21/h3-11,16-17,22-23H,2,12H2,1H3. The van der Waals surface area contributed by atoms with Crippen molar-refractivity contribution < 1.29 is 18.3 Å². The summed E-state index contributed by atoms with van der Waals surface area (Å²) in [5.41, 5.74) is 0.780. The zero-order chi connectivity index (χ0) is 16.9. The zero-order valence-electron chi connectivity index (χ0n) is 12.8. The van der Waals surface area contributed by atoms with E-state index in [4.69, 9.17) is 0 Å². The lowest BCUT2D eigenvalue weighted by Gasteiger charge is -2.24. The molecule has 0 aromatic heterocycles. The molecule has 0 saturated carbocycles. The molecule has 0 saturated heterocycles. The molecule has 0 amide bonds. The van der Waals surface area contributed by atoms with Gasteiger partial charge in [0.25, 0.3) is 0 Å². The Hall–Kier alpha value is -1.85. The maximum atomic E-state index is 12.8. The molecule has 2 rings (SSSR count). The topological polar surface area (TPSA) is 32.3 Å². The quantitative estimate of drug-likeness (QED) is 0.830. The Labute approximate surface area is 134 Å². The van der Waals surface area contributed by atoms with Gasteiger partial charge >= 0.3 is 6.18 Å². The first-order chi connectivity index (χ1) is 10.9. The third-order valence-electron chi connectivity index (χ3n) is 3.74. The lowest BCUT2D eigenvalue weighted by atomic mass is 9.99. The molecule has 0 radical (unpaired) electrons. The molecular formula is C18H20F3NO. The molecule has 0 heterocycles. The van der Waals surface area contributed by atoms with Crippen LogP contribution in [0.4, 0.5) is 13.2 Å². The third-order valence-corrected chi connectivity index (χ3v) is 3.74. The number of hydrogen-bond acceptors (Lipinski definition) is 2. The van der Waals surface area contributed by atoms with E-state index in [1.807, 2.05) is 37.3 Å². The maximum Gasteiger partial charge on any atom is 0.416 e. The van der Waals surface area contributed by atoms with E-state index in [0.29, 0.717) is 12.0 Å². The molecule has 0 fully saturated rings. The molecule has 5 heteroatoms. The number of aliphatic hydroxyl groups excluding tert-OH is 1. The van der Waals surface area contributed by atoms with Crippen LogP contribution in [0.2, 0.25) is 0 Å². The molecule has 2 nitrogen and oxygen atoms in total. The lowest BCUT2D eigenvalue weighted by molar-refractivity contribution is -0.137. The molecular weight excluding hydrogens is 303 g/mol. The molecule has 124 valence electrons. The fraction of sp³-hybridized carbons (Fsp3) is 0.333. The summed E-state index contributed by atoms with van der Waals surface area (Å²) in [5.74, 6) is 0. The summed E-state index contributed by atoms with van der Waals surface area (Å²) >= 11 is 0. The normalized spacial score (nSPS) is 14.5. The fourth-order valence-electron chi connectivity index (χ4n) is 2.46. The van der Waals surface area contributed by atoms with E-state index >= 15 is 0 Å². The molecule has 0 aliphatic heterocycles. The summed E-state index contributed by atoms with van der Waals surface area (Å²) in [6.45, 7) is 2.12. The van der Waals surface area contributed by atoms with Crippen molar-refractivity contribution in [3.8, 4) is 0 Å². The van der Waals surface area contributed by atoms with Crippen molar-refractivity contribution in [3.05, 3.63) is 71.3 Å². The number of aliphatic hydroxyl groups is 1. The second-order valence-corrected chi connectivity index (χ2v) is 5.44. The lowest BCUT2D eigenvalue weighted by Crippen LogP contribution is -2.31. The van der Waals surface area contributed by atoms with Crippen LogP contribution in [0.1, 0.15) is 36.1 Å². The highest BCUT2D eigenvalue weighted by Gasteiger charge is 2.30. The molecule has 0 spiro atoms. The van der Waals surface area contributed by atoms with Gasteiger partial charge < -0.3 is 10.4 Å². The number of hydrogen-bond donors (Lipinski definition) is 2. The van der Waals surface area contributed by atoms with Crippen LogP contribution in [-0.2, 0) is 12.7 Å². The summed E-state index contributed by atoms with van der Waals surface area (Å²) in [4.78, 5) is 0. The molecule has 0 bridgehead atoms. The van der Waals surface area contributed by atoms with Gasteiger partial charge in [0.15, 0.2) is 0 Å². The largest absolute Gasteiger partial charge is 0.416 e. The minimum Gasteiger partial charge on any atom is -0.391 e. The molecule has 2 unspecified atom stereocenters. The Morgan fingerprint density at radius 3 is 2.35 bits per heavy atom. The smallest absolute Gasteiger partial charge is 0.391 e. The van der Waals surface area contributed by atoms with Crippen LogP contribution < -0.4 is 5.32 Å². The summed E-state index contributed by atoms with van der Waals surface area (Å²) in [6.07, 6.45) is -4.41. The number of benzene rings is 2. The highest BCUT2D eigenvalue weighted by molar-refractivity contribution is 5.26. The average Bonchev–Trinajstić information content (AvgIpc) is 2.55. The highest BCUT2D eigenvalue weighted by Crippen LogP contribution is 2.29. The van der Waals surface area contributed by atoms with E-state index in [1.165, 1.54) is 6.07 Å². The van der Waals surface area contributed by atoms with Gasteiger partial charge in [-0.25, -0.2) is 0 Å². The maximum absolute atomic E-state index is 12.8. The van der Waals surface area contributed by atoms with Crippen molar-refractivity contribution in [1.82, 2.24) is 5.32 Å². The van der Waals surface area contributed by atoms with Crippen molar-refractivity contribution in [2.75, 3.05) is 0 Å². The van der Waals surface area contributed by atoms with E-state index in [0.717, 1.165) is 17.7 Å². The Morgan fingerprint density at radius 1 is 1.04 bits per heavy atom. The molecule has 23 heavy (non-hydrogen) atoms. The van der Waals surface area contributed by atoms with Gasteiger partial charge in [-0.3, -0.25) is 0 Å². The highest BCUT2D eigenvalue weighted by atomic mass is 19.4. The Morgan fingerprint density at radius 2 is 1.74 bits per heavy atom. The van der Waals surface area contributed by atoms with Crippen LogP contribution in [0.3, 0.4) is 0 Å². The predicted octanol–water partition coefficient (Wildman–Crippen LogP) is 4.31. The van der Waals surface area contributed by atoms with Crippen molar-refractivity contribution in [2.45, 2.75) is 38.2 Å². The monoisotopic (exact) mass is 323 g/mol. The molecule has 2 atom stereocenters. The average molecular weight is 323 g/mol. The van der Waals surface area contributed by atoms with Crippen LogP contribution in [0, 0.1) is 0 Å². The molecule has 2 aromatic rings. The van der Waals surface area contributed by atoms with Crippen molar-refractivity contribution in [2.24, 2.45) is 0 Å². The third kappa shape index (κ3) is 4.81. The Kier molecular flexibility index (Phi) is 5.80. The van der Waals surface area contributed by atoms with Gasteiger partial charge in [0.1, 0.15) is 0 Å². The van der Waals surface area contributed by atoms with Gasteiger partial charge in [-0.05, 0) is 23.6 Å². The van der Waals surface area contributed by atoms with Crippen LogP contribution in [0.5, 0.6) is 0 Å². The SMILES string of the molecule is CCC(O)C(NCc1cccc(C(F)(F)F)c1)c1ccccc1. The van der Waals surface area contributed by atoms with Crippen molar-refractivity contribution >= 4 is 0 Å². The van der Waals surface area contributed by atoms with E-state index in [-0.39, 0.29) is 12.6 Å². The van der Waals surface area contributed by atoms with E-state index in [1.54, 1.807) is 6.07 Å². The summed E-state index contributed by atoms with van der Waals surface area (Å²) in [5, 5.41) is 13.4. The van der Waals surface area contributed by atoms with Crippen LogP contribution >= 0.6 is 0 Å². The number of nitrogens with one attached hydrogen (secondary N) is 1. The Balaban J connectivity index is 2.13. The van der Waals surface area contributed by atoms with Crippen molar-refractivity contribution in [1.29, 1.82) is 0 Å². The second kappa shape index (κ2) is 7.62. The van der Waals surface area contributed by atoms with Crippen LogP contribution in [0.25, 0.3) is 0 Å². The van der Waals surface area contributed by atoms with Gasteiger partial charge in [0, 0.05) is 6.54 Å². The number of halogens is 3. The Bertz CT molecular complexity index is 613. The predicted molar refractivity (Wildman–Crippen MR) is 83.8 cm³/mol. The van der Waals surface area contributed by atoms with Gasteiger partial charge in [-0.1, -0.05) is 55.5 Å². The number of alkyl halides is 3. The van der Waals surface area contributed by atoms with Gasteiger partial charge in [0.2, 0.25) is 0 Å². The van der Waals surface area contributed by atoms with E-state index in [2.05, 4.69) is 5.32 Å². The molecule has 2 aromatic carbocycles. The van der Waals surface area contributed by atoms with E-state index < -0.39 is 17.8 Å². The van der Waals surface area contributed by atoms with Gasteiger partial charge in [-0.15, -0.1) is 0 Å². The zero-order valence-corrected chi connectivity index (χ0v) is 12.8. The summed E-state index contributed by atoms with van der Waals surface area (Å²) in [7, 11) is 0. The second-order valence-electron chi connectivity index (χ2n) is 5.44. The first-order valence-electron chi connectivity index (χ1n) is 7.54. The van der Waals surface area contributed by atoms with Gasteiger partial charge in [-0.2, -0.15) is 13.2 Å². The fourth-order valence-corrected chi connectivity index (χ4v) is 2.46. The van der Waals surface area contributed by atoms with Crippen LogP contribution in [-0.4, -0.2) is 11.2 Å². The first-order valence-corrected chi connectivity index (χ1v) is 7.54. The summed E-state index contributed by atoms with van der Waals surface area (Å²) in [6, 6.07) is 14.3.